The number of aromatic amines is 1. The van der Waals surface area contributed by atoms with E-state index in [9.17, 15) is 9.90 Å². The van der Waals surface area contributed by atoms with Gasteiger partial charge in [-0.3, -0.25) is 4.79 Å². The number of imidazole rings is 1. The fourth-order valence-electron chi connectivity index (χ4n) is 4.65. The molecule has 185 valence electrons. The van der Waals surface area contributed by atoms with E-state index in [0.29, 0.717) is 25.2 Å². The largest absolute Gasteiger partial charge is 0.508 e. The van der Waals surface area contributed by atoms with Gasteiger partial charge in [0.15, 0.2) is 11.6 Å². The first-order chi connectivity index (χ1) is 17.6. The number of nitrogens with two attached hydrogens (primary N) is 1. The number of rotatable bonds is 12. The molecule has 4 rings (SSSR count). The van der Waals surface area contributed by atoms with E-state index in [0.717, 1.165) is 52.8 Å². The molecule has 0 amide bonds. The van der Waals surface area contributed by atoms with Crippen LogP contribution in [-0.4, -0.2) is 34.5 Å². The van der Waals surface area contributed by atoms with Crippen LogP contribution in [0.2, 0.25) is 0 Å². The van der Waals surface area contributed by atoms with Crippen LogP contribution in [0.5, 0.6) is 11.5 Å². The standard InChI is InChI=1S/C30H32N3O3/c1-36-29-26(22-10-12-24(34)13-11-22)15-14-25(27(29)9-5-6-16-31)23(19-21-7-3-2-4-8-21)20-28(35)30-32-17-18-33-30/h2-4,7-8,10-13,15,17-18,23,34H,5-6,9,16,19-20,31H2,1H3,(H,32,33). The number of carbonyl (C=O) groups is 1. The minimum absolute atomic E-state index is 0.0381. The molecule has 36 heavy (non-hydrogen) atoms. The summed E-state index contributed by atoms with van der Waals surface area (Å²) < 4.78 is 5.99. The van der Waals surface area contributed by atoms with Crippen LogP contribution in [0.25, 0.3) is 11.1 Å². The number of ketones is 1. The van der Waals surface area contributed by atoms with Gasteiger partial charge in [0.05, 0.1) is 7.11 Å². The number of Topliss-reactive ketones (excluding diaryl/α,β-unsaturated/α-hetero) is 1. The van der Waals surface area contributed by atoms with Crippen LogP contribution in [0.4, 0.5) is 0 Å². The number of methoxy groups -OCH3 is 1. The van der Waals surface area contributed by atoms with Crippen LogP contribution in [0.15, 0.2) is 73.1 Å². The van der Waals surface area contributed by atoms with E-state index in [4.69, 9.17) is 10.5 Å². The third kappa shape index (κ3) is 6.01. The Morgan fingerprint density at radius 1 is 1.14 bits per heavy atom. The molecule has 0 bridgehead atoms. The molecule has 0 fully saturated rings. The third-order valence-corrected chi connectivity index (χ3v) is 6.41. The number of benzene rings is 3. The Kier molecular flexibility index (Phi) is 8.53. The number of aromatic hydroxyl groups is 1. The number of nitrogens with one attached hydrogen (secondary N) is 1. The molecule has 0 aliphatic carbocycles. The molecular formula is C30H32N3O3. The summed E-state index contributed by atoms with van der Waals surface area (Å²) in [5.41, 5.74) is 10.8. The average molecular weight is 483 g/mol. The summed E-state index contributed by atoms with van der Waals surface area (Å²) in [7, 11) is 1.68. The SMILES string of the molecule is COc1c(-c2ccc(O)cc2)c[c]c(C(CC(=O)c2ncc[nH]2)Cc2ccccc2)c1CCCCN. The zero-order chi connectivity index (χ0) is 25.3. The molecule has 4 aromatic rings. The van der Waals surface area contributed by atoms with Crippen molar-refractivity contribution in [3.05, 3.63) is 102 Å². The normalized spacial score (nSPS) is 11.8. The summed E-state index contributed by atoms with van der Waals surface area (Å²) in [6.07, 6.45) is 6.80. The van der Waals surface area contributed by atoms with Crippen LogP contribution in [-0.2, 0) is 12.8 Å². The van der Waals surface area contributed by atoms with Gasteiger partial charge in [0.1, 0.15) is 11.5 Å². The van der Waals surface area contributed by atoms with Gasteiger partial charge in [-0.15, -0.1) is 0 Å². The Morgan fingerprint density at radius 3 is 2.58 bits per heavy atom. The summed E-state index contributed by atoms with van der Waals surface area (Å²) >= 11 is 0. The van der Waals surface area contributed by atoms with Crippen molar-refractivity contribution >= 4 is 5.78 Å². The van der Waals surface area contributed by atoms with Gasteiger partial charge >= 0.3 is 0 Å². The highest BCUT2D eigenvalue weighted by Gasteiger charge is 2.25. The van der Waals surface area contributed by atoms with Crippen molar-refractivity contribution in [2.75, 3.05) is 13.7 Å². The van der Waals surface area contributed by atoms with E-state index < -0.39 is 0 Å². The number of phenolic OH excluding ortho intramolecular Hbond substituents is 1. The minimum atomic E-state index is -0.111. The molecule has 6 nitrogen and oxygen atoms in total. The second kappa shape index (κ2) is 12.2. The number of aromatic nitrogens is 2. The molecule has 0 spiro atoms. The Morgan fingerprint density at radius 2 is 1.92 bits per heavy atom. The Balaban J connectivity index is 1.80. The second-order valence-electron chi connectivity index (χ2n) is 8.87. The Labute approximate surface area is 212 Å². The third-order valence-electron chi connectivity index (χ3n) is 6.41. The molecule has 4 N–H and O–H groups in total. The quantitative estimate of drug-likeness (QED) is 0.184. The van der Waals surface area contributed by atoms with Crippen LogP contribution >= 0.6 is 0 Å². The predicted molar refractivity (Wildman–Crippen MR) is 141 cm³/mol. The van der Waals surface area contributed by atoms with Gasteiger partial charge in [-0.2, -0.15) is 0 Å². The zero-order valence-electron chi connectivity index (χ0n) is 20.5. The van der Waals surface area contributed by atoms with E-state index in [-0.39, 0.29) is 17.5 Å². The van der Waals surface area contributed by atoms with E-state index >= 15 is 0 Å². The van der Waals surface area contributed by atoms with Gasteiger partial charge in [0.25, 0.3) is 0 Å². The molecule has 1 aromatic heterocycles. The monoisotopic (exact) mass is 482 g/mol. The van der Waals surface area contributed by atoms with E-state index in [1.807, 2.05) is 36.4 Å². The smallest absolute Gasteiger partial charge is 0.198 e. The molecule has 0 aliphatic rings. The number of nitrogens with zero attached hydrogens (tertiary/aromatic N) is 1. The minimum Gasteiger partial charge on any atom is -0.508 e. The lowest BCUT2D eigenvalue weighted by Crippen LogP contribution is -2.15. The molecule has 1 radical (unpaired) electrons. The van der Waals surface area contributed by atoms with Crippen molar-refractivity contribution < 1.29 is 14.6 Å². The van der Waals surface area contributed by atoms with Crippen molar-refractivity contribution in [1.29, 1.82) is 0 Å². The molecular weight excluding hydrogens is 450 g/mol. The second-order valence-corrected chi connectivity index (χ2v) is 8.87. The van der Waals surface area contributed by atoms with Gasteiger partial charge in [-0.25, -0.2) is 4.98 Å². The van der Waals surface area contributed by atoms with Crippen molar-refractivity contribution in [2.24, 2.45) is 5.73 Å². The Bertz CT molecular complexity index is 1250. The first-order valence-corrected chi connectivity index (χ1v) is 12.3. The summed E-state index contributed by atoms with van der Waals surface area (Å²) in [5, 5.41) is 9.76. The number of hydrogen-bond acceptors (Lipinski definition) is 5. The fourth-order valence-corrected chi connectivity index (χ4v) is 4.65. The highest BCUT2D eigenvalue weighted by molar-refractivity contribution is 5.93. The van der Waals surface area contributed by atoms with Gasteiger partial charge in [0.2, 0.25) is 0 Å². The number of ether oxygens (including phenoxy) is 1. The number of unbranched alkanes of at least 4 members (excludes halogenated alkanes) is 1. The fraction of sp³-hybridized carbons (Fsp3) is 0.267. The summed E-state index contributed by atoms with van der Waals surface area (Å²) in [6.45, 7) is 0.615. The molecule has 0 saturated carbocycles. The van der Waals surface area contributed by atoms with Crippen LogP contribution in [0, 0.1) is 6.07 Å². The highest BCUT2D eigenvalue weighted by atomic mass is 16.5. The average Bonchev–Trinajstić information content (AvgIpc) is 3.45. The number of phenols is 1. The van der Waals surface area contributed by atoms with E-state index in [2.05, 4.69) is 28.2 Å². The summed E-state index contributed by atoms with van der Waals surface area (Å²) in [6, 6.07) is 22.7. The number of H-pyrrole nitrogens is 1. The maximum atomic E-state index is 13.1. The molecule has 0 saturated heterocycles. The van der Waals surface area contributed by atoms with Crippen molar-refractivity contribution in [2.45, 2.75) is 38.0 Å². The van der Waals surface area contributed by atoms with Crippen LogP contribution in [0.1, 0.15) is 52.5 Å². The molecule has 3 aromatic carbocycles. The van der Waals surface area contributed by atoms with E-state index in [1.54, 1.807) is 31.6 Å². The maximum Gasteiger partial charge on any atom is 0.198 e. The topological polar surface area (TPSA) is 101 Å². The summed E-state index contributed by atoms with van der Waals surface area (Å²) in [5.74, 6) is 1.20. The Hall–Kier alpha value is -3.90. The van der Waals surface area contributed by atoms with Gasteiger partial charge in [-0.1, -0.05) is 42.5 Å². The van der Waals surface area contributed by atoms with Crippen molar-refractivity contribution in [3.63, 3.8) is 0 Å². The highest BCUT2D eigenvalue weighted by Crippen LogP contribution is 2.40. The first-order valence-electron chi connectivity index (χ1n) is 12.3. The molecule has 1 unspecified atom stereocenters. The van der Waals surface area contributed by atoms with Crippen molar-refractivity contribution in [3.8, 4) is 22.6 Å². The molecule has 1 heterocycles. The molecule has 6 heteroatoms. The van der Waals surface area contributed by atoms with Crippen molar-refractivity contribution in [1.82, 2.24) is 9.97 Å². The summed E-state index contributed by atoms with van der Waals surface area (Å²) in [4.78, 5) is 20.3. The van der Waals surface area contributed by atoms with Gasteiger partial charge in [0, 0.05) is 24.4 Å². The molecule has 1 atom stereocenters. The molecule has 0 aliphatic heterocycles. The van der Waals surface area contributed by atoms with Crippen LogP contribution in [0.3, 0.4) is 0 Å². The predicted octanol–water partition coefficient (Wildman–Crippen LogP) is 5.47. The lowest BCUT2D eigenvalue weighted by molar-refractivity contribution is 0.0964. The van der Waals surface area contributed by atoms with E-state index in [1.165, 1.54) is 0 Å². The van der Waals surface area contributed by atoms with Gasteiger partial charge in [-0.05, 0) is 84.7 Å². The zero-order valence-corrected chi connectivity index (χ0v) is 20.5. The van der Waals surface area contributed by atoms with Gasteiger partial charge < -0.3 is 20.6 Å². The number of hydrogen-bond donors (Lipinski definition) is 3. The first kappa shape index (κ1) is 25.2. The lowest BCUT2D eigenvalue weighted by atomic mass is 9.82. The maximum absolute atomic E-state index is 13.1. The lowest BCUT2D eigenvalue weighted by Gasteiger charge is -2.24. The van der Waals surface area contributed by atoms with Crippen LogP contribution < -0.4 is 10.5 Å². The number of carbonyl (C=O) groups excluding carboxylic acids is 1.